The lowest BCUT2D eigenvalue weighted by Crippen LogP contribution is -2.66. The molecule has 0 aromatic carbocycles. The van der Waals surface area contributed by atoms with E-state index in [9.17, 15) is 4.39 Å². The van der Waals surface area contributed by atoms with Crippen molar-refractivity contribution in [3.63, 3.8) is 0 Å². The van der Waals surface area contributed by atoms with Gasteiger partial charge >= 0.3 is 0 Å². The second kappa shape index (κ2) is 4.44. The number of fused-ring (bicyclic) bond motifs is 1. The Balaban J connectivity index is 1.73. The Morgan fingerprint density at radius 3 is 2.78 bits per heavy atom. The van der Waals surface area contributed by atoms with Crippen molar-refractivity contribution in [1.29, 1.82) is 0 Å². The molecular formula is C12H17FN4O. The van der Waals surface area contributed by atoms with Crippen LogP contribution in [0.25, 0.3) is 0 Å². The van der Waals surface area contributed by atoms with Crippen molar-refractivity contribution < 1.29 is 9.13 Å². The van der Waals surface area contributed by atoms with E-state index in [1.54, 1.807) is 0 Å². The Hall–Kier alpha value is -1.27. The van der Waals surface area contributed by atoms with E-state index in [0.717, 1.165) is 13.0 Å². The smallest absolute Gasteiger partial charge is 0.223 e. The van der Waals surface area contributed by atoms with Crippen molar-refractivity contribution in [2.24, 2.45) is 5.92 Å². The summed E-state index contributed by atoms with van der Waals surface area (Å²) in [5.41, 5.74) is 0. The fraction of sp³-hybridized carbons (Fsp3) is 0.667. The minimum atomic E-state index is -0.416. The molecular weight excluding hydrogens is 235 g/mol. The van der Waals surface area contributed by atoms with Crippen molar-refractivity contribution in [2.45, 2.75) is 24.6 Å². The highest BCUT2D eigenvalue weighted by molar-refractivity contribution is 5.30. The molecule has 2 heterocycles. The van der Waals surface area contributed by atoms with Gasteiger partial charge in [0.05, 0.1) is 30.6 Å². The first-order valence-corrected chi connectivity index (χ1v) is 6.19. The van der Waals surface area contributed by atoms with Crippen LogP contribution < -0.4 is 5.32 Å². The fourth-order valence-electron chi connectivity index (χ4n) is 3.02. The first kappa shape index (κ1) is 11.8. The van der Waals surface area contributed by atoms with Gasteiger partial charge in [-0.05, 0) is 20.5 Å². The van der Waals surface area contributed by atoms with E-state index in [1.165, 1.54) is 12.4 Å². The summed E-state index contributed by atoms with van der Waals surface area (Å²) in [6, 6.07) is 0.601. The van der Waals surface area contributed by atoms with E-state index >= 15 is 0 Å². The van der Waals surface area contributed by atoms with Crippen LogP contribution in [-0.2, 0) is 4.74 Å². The van der Waals surface area contributed by atoms with Crippen molar-refractivity contribution >= 4 is 5.95 Å². The molecule has 6 heteroatoms. The van der Waals surface area contributed by atoms with Gasteiger partial charge in [0.25, 0.3) is 0 Å². The third-order valence-electron chi connectivity index (χ3n) is 3.86. The monoisotopic (exact) mass is 252 g/mol. The number of hydrogen-bond acceptors (Lipinski definition) is 5. The van der Waals surface area contributed by atoms with Gasteiger partial charge < -0.3 is 15.0 Å². The molecule has 0 unspecified atom stereocenters. The van der Waals surface area contributed by atoms with Crippen LogP contribution >= 0.6 is 0 Å². The third-order valence-corrected chi connectivity index (χ3v) is 3.86. The first-order chi connectivity index (χ1) is 8.66. The highest BCUT2D eigenvalue weighted by atomic mass is 19.1. The molecule has 2 aliphatic rings. The molecule has 1 saturated heterocycles. The summed E-state index contributed by atoms with van der Waals surface area (Å²) >= 11 is 0. The molecule has 1 aliphatic heterocycles. The molecule has 0 spiro atoms. The van der Waals surface area contributed by atoms with Gasteiger partial charge in [0.15, 0.2) is 5.82 Å². The van der Waals surface area contributed by atoms with Gasteiger partial charge in [0, 0.05) is 12.5 Å². The lowest BCUT2D eigenvalue weighted by molar-refractivity contribution is -0.0517. The van der Waals surface area contributed by atoms with Crippen molar-refractivity contribution in [3.8, 4) is 0 Å². The number of nitrogens with one attached hydrogen (secondary N) is 1. The molecule has 3 rings (SSSR count). The maximum absolute atomic E-state index is 12.8. The highest BCUT2D eigenvalue weighted by Crippen LogP contribution is 2.42. The number of halogens is 1. The number of aromatic nitrogens is 2. The summed E-state index contributed by atoms with van der Waals surface area (Å²) in [7, 11) is 4.09. The van der Waals surface area contributed by atoms with Crippen LogP contribution in [0.2, 0.25) is 0 Å². The second-order valence-electron chi connectivity index (χ2n) is 5.14. The zero-order chi connectivity index (χ0) is 12.7. The highest BCUT2D eigenvalue weighted by Gasteiger charge is 2.55. The van der Waals surface area contributed by atoms with Crippen LogP contribution in [0.3, 0.4) is 0 Å². The molecule has 4 atom stereocenters. The Morgan fingerprint density at radius 2 is 2.11 bits per heavy atom. The van der Waals surface area contributed by atoms with Gasteiger partial charge in [0.1, 0.15) is 0 Å². The van der Waals surface area contributed by atoms with Crippen LogP contribution in [0.5, 0.6) is 0 Å². The summed E-state index contributed by atoms with van der Waals surface area (Å²) in [6.45, 7) is 0.822. The molecule has 1 aliphatic carbocycles. The van der Waals surface area contributed by atoms with E-state index in [-0.39, 0.29) is 6.04 Å². The summed E-state index contributed by atoms with van der Waals surface area (Å²) < 4.78 is 18.5. The Labute approximate surface area is 105 Å². The normalized spacial score (nSPS) is 34.2. The van der Waals surface area contributed by atoms with Gasteiger partial charge in [-0.3, -0.25) is 0 Å². The number of hydrogen-bond donors (Lipinski definition) is 1. The van der Waals surface area contributed by atoms with Crippen molar-refractivity contribution in [1.82, 2.24) is 14.9 Å². The maximum Gasteiger partial charge on any atom is 0.223 e. The number of rotatable bonds is 3. The van der Waals surface area contributed by atoms with E-state index in [2.05, 4.69) is 20.2 Å². The van der Waals surface area contributed by atoms with E-state index in [4.69, 9.17) is 4.74 Å². The standard InChI is InChI=1S/C12H17FN4O/c1-17(2)10-9(8-3-4-18-11(8)10)16-12-14-5-7(13)6-15-12/h5-6,8-11H,3-4H2,1-2H3,(H,14,15,16)/t8-,9+,10-,11-/m1/s1. The lowest BCUT2D eigenvalue weighted by Gasteiger charge is -2.50. The average molecular weight is 252 g/mol. The third kappa shape index (κ3) is 1.85. The van der Waals surface area contributed by atoms with E-state index in [0.29, 0.717) is 24.0 Å². The van der Waals surface area contributed by atoms with E-state index < -0.39 is 5.82 Å². The molecule has 0 amide bonds. The molecule has 1 aromatic rings. The minimum absolute atomic E-state index is 0.276. The predicted molar refractivity (Wildman–Crippen MR) is 64.7 cm³/mol. The van der Waals surface area contributed by atoms with Gasteiger partial charge in [-0.1, -0.05) is 0 Å². The SMILES string of the molecule is CN(C)[C@@H]1[C@@H](Nc2ncc(F)cn2)[C@H]2CCO[C@H]21. The van der Waals surface area contributed by atoms with Gasteiger partial charge in [-0.15, -0.1) is 0 Å². The van der Waals surface area contributed by atoms with Gasteiger partial charge in [-0.25, -0.2) is 14.4 Å². The Morgan fingerprint density at radius 1 is 1.39 bits per heavy atom. The molecule has 0 radical (unpaired) electrons. The largest absolute Gasteiger partial charge is 0.376 e. The molecule has 98 valence electrons. The average Bonchev–Trinajstić information content (AvgIpc) is 2.71. The molecule has 2 fully saturated rings. The first-order valence-electron chi connectivity index (χ1n) is 6.19. The van der Waals surface area contributed by atoms with Crippen LogP contribution in [0.4, 0.5) is 10.3 Å². The molecule has 0 bridgehead atoms. The minimum Gasteiger partial charge on any atom is -0.376 e. The van der Waals surface area contributed by atoms with Crippen LogP contribution in [0, 0.1) is 11.7 Å². The second-order valence-corrected chi connectivity index (χ2v) is 5.14. The summed E-state index contributed by atoms with van der Waals surface area (Å²) in [4.78, 5) is 10.1. The Bertz CT molecular complexity index is 425. The number of nitrogens with zero attached hydrogens (tertiary/aromatic N) is 3. The summed E-state index contributed by atoms with van der Waals surface area (Å²) in [5.74, 6) is 0.574. The molecule has 1 N–H and O–H groups in total. The molecule has 18 heavy (non-hydrogen) atoms. The lowest BCUT2D eigenvalue weighted by atomic mass is 9.71. The quantitative estimate of drug-likeness (QED) is 0.860. The molecule has 1 aromatic heterocycles. The van der Waals surface area contributed by atoms with E-state index in [1.807, 2.05) is 14.1 Å². The van der Waals surface area contributed by atoms with Gasteiger partial charge in [-0.2, -0.15) is 0 Å². The molecule has 1 saturated carbocycles. The maximum atomic E-state index is 12.8. The number of ether oxygens (including phenoxy) is 1. The fourth-order valence-corrected chi connectivity index (χ4v) is 3.02. The molecule has 5 nitrogen and oxygen atoms in total. The van der Waals surface area contributed by atoms with Crippen LogP contribution in [0.1, 0.15) is 6.42 Å². The number of anilines is 1. The van der Waals surface area contributed by atoms with Crippen LogP contribution in [-0.4, -0.2) is 53.8 Å². The van der Waals surface area contributed by atoms with Crippen molar-refractivity contribution in [2.75, 3.05) is 26.0 Å². The zero-order valence-corrected chi connectivity index (χ0v) is 10.5. The number of likely N-dealkylation sites (N-methyl/N-ethyl adjacent to an activating group) is 1. The van der Waals surface area contributed by atoms with Crippen LogP contribution in [0.15, 0.2) is 12.4 Å². The topological polar surface area (TPSA) is 50.3 Å². The Kier molecular flexibility index (Phi) is 2.91. The summed E-state index contributed by atoms with van der Waals surface area (Å²) in [6.07, 6.45) is 3.73. The van der Waals surface area contributed by atoms with Gasteiger partial charge in [0.2, 0.25) is 5.95 Å². The summed E-state index contributed by atoms with van der Waals surface area (Å²) in [5, 5.41) is 3.30. The van der Waals surface area contributed by atoms with Crippen molar-refractivity contribution in [3.05, 3.63) is 18.2 Å². The zero-order valence-electron chi connectivity index (χ0n) is 10.5. The predicted octanol–water partition coefficient (Wildman–Crippen LogP) is 0.745.